The van der Waals surface area contributed by atoms with Crippen molar-refractivity contribution in [1.29, 1.82) is 0 Å². The van der Waals surface area contributed by atoms with E-state index in [2.05, 4.69) is 40.7 Å². The average molecular weight is 410 g/mol. The number of amides is 2. The largest absolute Gasteiger partial charge is 0.450 e. The van der Waals surface area contributed by atoms with Crippen molar-refractivity contribution in [2.75, 3.05) is 25.0 Å². The van der Waals surface area contributed by atoms with Crippen LogP contribution in [0.25, 0.3) is 0 Å². The number of ether oxygens (including phenoxy) is 1. The number of anilines is 1. The summed E-state index contributed by atoms with van der Waals surface area (Å²) in [6.45, 7) is 7.99. The Kier molecular flexibility index (Phi) is 7.85. The number of carbonyl (C=O) groups is 2. The number of carbonyl (C=O) groups excluding carboxylic acids is 2. The molecule has 1 saturated heterocycles. The van der Waals surface area contributed by atoms with Crippen LogP contribution in [-0.4, -0.2) is 36.6 Å². The van der Waals surface area contributed by atoms with Crippen LogP contribution in [-0.2, 0) is 17.8 Å². The van der Waals surface area contributed by atoms with Crippen LogP contribution < -0.4 is 10.6 Å². The molecule has 0 spiro atoms. The Morgan fingerprint density at radius 3 is 2.53 bits per heavy atom. The van der Waals surface area contributed by atoms with Crippen LogP contribution in [0.1, 0.15) is 48.2 Å². The molecular formula is C24H31N3O3. The molecule has 1 aliphatic heterocycles. The van der Waals surface area contributed by atoms with Gasteiger partial charge in [-0.15, -0.1) is 0 Å². The Balaban J connectivity index is 1.59. The summed E-state index contributed by atoms with van der Waals surface area (Å²) in [7, 11) is 0. The average Bonchev–Trinajstić information content (AvgIpc) is 2.75. The lowest BCUT2D eigenvalue weighted by Gasteiger charge is -2.30. The van der Waals surface area contributed by atoms with Gasteiger partial charge in [0.25, 0.3) is 5.91 Å². The Morgan fingerprint density at radius 1 is 1.07 bits per heavy atom. The molecule has 2 amide bonds. The van der Waals surface area contributed by atoms with E-state index in [1.54, 1.807) is 31.2 Å². The fourth-order valence-corrected chi connectivity index (χ4v) is 3.65. The van der Waals surface area contributed by atoms with Gasteiger partial charge in [-0.1, -0.05) is 37.3 Å². The summed E-state index contributed by atoms with van der Waals surface area (Å²) in [5, 5.41) is 5.63. The monoisotopic (exact) mass is 409 g/mol. The first-order valence-corrected chi connectivity index (χ1v) is 10.7. The molecule has 160 valence electrons. The normalized spacial score (nSPS) is 14.9. The van der Waals surface area contributed by atoms with Crippen LogP contribution in [0.5, 0.6) is 0 Å². The molecular weight excluding hydrogens is 378 g/mol. The summed E-state index contributed by atoms with van der Waals surface area (Å²) in [4.78, 5) is 26.7. The lowest BCUT2D eigenvalue weighted by atomic mass is 9.98. The zero-order chi connectivity index (χ0) is 21.3. The molecule has 1 fully saturated rings. The highest BCUT2D eigenvalue weighted by Crippen LogP contribution is 2.20. The quantitative estimate of drug-likeness (QED) is 0.710. The minimum Gasteiger partial charge on any atom is -0.450 e. The van der Waals surface area contributed by atoms with Crippen LogP contribution in [0.15, 0.2) is 48.5 Å². The summed E-state index contributed by atoms with van der Waals surface area (Å²) in [6, 6.07) is 15.1. The first kappa shape index (κ1) is 21.8. The number of likely N-dealkylation sites (tertiary alicyclic amines) is 1. The molecule has 0 aromatic heterocycles. The molecule has 2 aromatic carbocycles. The number of nitrogens with zero attached hydrogens (tertiary/aromatic N) is 1. The standard InChI is InChI=1S/C24H31N3O3/c1-3-30-24(29)26-22-10-6-9-19(15-22)23(28)25-16-20-7-4-5-8-21(20)17-27-13-11-18(2)12-14-27/h4-10,15,18H,3,11-14,16-17H2,1-2H3,(H,25,28)(H,26,29). The van der Waals surface area contributed by atoms with Crippen molar-refractivity contribution in [3.63, 3.8) is 0 Å². The Labute approximate surface area is 178 Å². The topological polar surface area (TPSA) is 70.7 Å². The van der Waals surface area contributed by atoms with E-state index < -0.39 is 6.09 Å². The summed E-state index contributed by atoms with van der Waals surface area (Å²) in [6.07, 6.45) is 1.96. The third-order valence-corrected chi connectivity index (χ3v) is 5.47. The number of benzene rings is 2. The van der Waals surface area contributed by atoms with Gasteiger partial charge in [0.1, 0.15) is 0 Å². The van der Waals surface area contributed by atoms with Crippen molar-refractivity contribution in [2.24, 2.45) is 5.92 Å². The van der Waals surface area contributed by atoms with Crippen molar-refractivity contribution >= 4 is 17.7 Å². The molecule has 3 rings (SSSR count). The van der Waals surface area contributed by atoms with Crippen LogP contribution in [0, 0.1) is 5.92 Å². The zero-order valence-electron chi connectivity index (χ0n) is 17.8. The smallest absolute Gasteiger partial charge is 0.411 e. The Hall–Kier alpha value is -2.86. The third kappa shape index (κ3) is 6.32. The van der Waals surface area contributed by atoms with E-state index in [1.165, 1.54) is 18.4 Å². The lowest BCUT2D eigenvalue weighted by molar-refractivity contribution is 0.0950. The van der Waals surface area contributed by atoms with Crippen molar-refractivity contribution in [1.82, 2.24) is 10.2 Å². The molecule has 2 N–H and O–H groups in total. The van der Waals surface area contributed by atoms with Gasteiger partial charge in [0.15, 0.2) is 0 Å². The number of rotatable bonds is 7. The highest BCUT2D eigenvalue weighted by molar-refractivity contribution is 5.96. The van der Waals surface area contributed by atoms with Gasteiger partial charge < -0.3 is 10.1 Å². The molecule has 0 atom stereocenters. The van der Waals surface area contributed by atoms with Gasteiger partial charge in [-0.3, -0.25) is 15.0 Å². The van der Waals surface area contributed by atoms with E-state index in [0.717, 1.165) is 31.1 Å². The SMILES string of the molecule is CCOC(=O)Nc1cccc(C(=O)NCc2ccccc2CN2CCC(C)CC2)c1. The molecule has 6 nitrogen and oxygen atoms in total. The highest BCUT2D eigenvalue weighted by Gasteiger charge is 2.17. The predicted molar refractivity (Wildman–Crippen MR) is 118 cm³/mol. The maximum atomic E-state index is 12.7. The maximum absolute atomic E-state index is 12.7. The van der Waals surface area contributed by atoms with Gasteiger partial charge >= 0.3 is 6.09 Å². The molecule has 0 unspecified atom stereocenters. The summed E-state index contributed by atoms with van der Waals surface area (Å²) in [5.74, 6) is 0.633. The third-order valence-electron chi connectivity index (χ3n) is 5.47. The van der Waals surface area contributed by atoms with Crippen molar-refractivity contribution < 1.29 is 14.3 Å². The minimum atomic E-state index is -0.531. The van der Waals surface area contributed by atoms with E-state index >= 15 is 0 Å². The number of hydrogen-bond donors (Lipinski definition) is 2. The second-order valence-electron chi connectivity index (χ2n) is 7.84. The number of hydrogen-bond acceptors (Lipinski definition) is 4. The van der Waals surface area contributed by atoms with Gasteiger partial charge in [0, 0.05) is 24.3 Å². The molecule has 30 heavy (non-hydrogen) atoms. The maximum Gasteiger partial charge on any atom is 0.411 e. The molecule has 2 aromatic rings. The van der Waals surface area contributed by atoms with Gasteiger partial charge in [0.05, 0.1) is 6.61 Å². The van der Waals surface area contributed by atoms with Gasteiger partial charge in [-0.2, -0.15) is 0 Å². The molecule has 1 aliphatic rings. The number of nitrogens with one attached hydrogen (secondary N) is 2. The second kappa shape index (κ2) is 10.8. The van der Waals surface area contributed by atoms with Crippen molar-refractivity contribution in [2.45, 2.75) is 39.8 Å². The predicted octanol–water partition coefficient (Wildman–Crippen LogP) is 4.42. The fraction of sp³-hybridized carbons (Fsp3) is 0.417. The summed E-state index contributed by atoms with van der Waals surface area (Å²) in [5.41, 5.74) is 3.41. The molecule has 0 aliphatic carbocycles. The van der Waals surface area contributed by atoms with E-state index in [-0.39, 0.29) is 5.91 Å². The fourth-order valence-electron chi connectivity index (χ4n) is 3.65. The van der Waals surface area contributed by atoms with Crippen LogP contribution in [0.2, 0.25) is 0 Å². The van der Waals surface area contributed by atoms with Gasteiger partial charge in [-0.25, -0.2) is 4.79 Å². The lowest BCUT2D eigenvalue weighted by Crippen LogP contribution is -2.33. The zero-order valence-corrected chi connectivity index (χ0v) is 17.8. The van der Waals surface area contributed by atoms with Crippen LogP contribution in [0.4, 0.5) is 10.5 Å². The van der Waals surface area contributed by atoms with E-state index in [1.807, 2.05) is 6.07 Å². The first-order chi connectivity index (χ1) is 14.5. The summed E-state index contributed by atoms with van der Waals surface area (Å²) >= 11 is 0. The molecule has 6 heteroatoms. The van der Waals surface area contributed by atoms with Crippen molar-refractivity contribution in [3.05, 3.63) is 65.2 Å². The minimum absolute atomic E-state index is 0.177. The van der Waals surface area contributed by atoms with E-state index in [4.69, 9.17) is 4.74 Å². The molecule has 0 bridgehead atoms. The van der Waals surface area contributed by atoms with E-state index in [9.17, 15) is 9.59 Å². The van der Waals surface area contributed by atoms with Crippen LogP contribution in [0.3, 0.4) is 0 Å². The Morgan fingerprint density at radius 2 is 1.80 bits per heavy atom. The van der Waals surface area contributed by atoms with Gasteiger partial charge in [0.2, 0.25) is 0 Å². The van der Waals surface area contributed by atoms with Crippen molar-refractivity contribution in [3.8, 4) is 0 Å². The molecule has 0 saturated carbocycles. The first-order valence-electron chi connectivity index (χ1n) is 10.7. The number of piperidine rings is 1. The summed E-state index contributed by atoms with van der Waals surface area (Å²) < 4.78 is 4.88. The molecule has 0 radical (unpaired) electrons. The second-order valence-corrected chi connectivity index (χ2v) is 7.84. The van der Waals surface area contributed by atoms with Gasteiger partial charge in [-0.05, 0) is 68.1 Å². The highest BCUT2D eigenvalue weighted by atomic mass is 16.5. The molecule has 1 heterocycles. The van der Waals surface area contributed by atoms with Crippen LogP contribution >= 0.6 is 0 Å². The Bertz CT molecular complexity index is 860. The van der Waals surface area contributed by atoms with E-state index in [0.29, 0.717) is 24.4 Å².